The molecule has 0 N–H and O–H groups in total. The molecule has 1 aliphatic rings. The molecule has 2 aromatic carbocycles. The van der Waals surface area contributed by atoms with Crippen LogP contribution < -0.4 is 4.74 Å². The fourth-order valence-electron chi connectivity index (χ4n) is 3.59. The number of hydrogen-bond donors (Lipinski definition) is 0. The molecule has 2 aromatic rings. The van der Waals surface area contributed by atoms with Gasteiger partial charge in [-0.3, -0.25) is 0 Å². The highest BCUT2D eigenvalue weighted by Gasteiger charge is 2.18. The Bertz CT molecular complexity index is 616. The molecule has 1 heterocycles. The summed E-state index contributed by atoms with van der Waals surface area (Å²) in [4.78, 5) is 2.49. The van der Waals surface area contributed by atoms with Gasteiger partial charge in [0.2, 0.25) is 0 Å². The van der Waals surface area contributed by atoms with Crippen molar-refractivity contribution in [2.24, 2.45) is 0 Å². The molecule has 2 nitrogen and oxygen atoms in total. The smallest absolute Gasteiger partial charge is 0.122 e. The maximum Gasteiger partial charge on any atom is 0.122 e. The fraction of sp³-hybridized carbons (Fsp3) is 0.455. The lowest BCUT2D eigenvalue weighted by Crippen LogP contribution is -2.37. The Morgan fingerprint density at radius 1 is 0.960 bits per heavy atom. The predicted molar refractivity (Wildman–Crippen MR) is 108 cm³/mol. The highest BCUT2D eigenvalue weighted by molar-refractivity contribution is 5.85. The van der Waals surface area contributed by atoms with Crippen LogP contribution in [0.25, 0.3) is 0 Å². The van der Waals surface area contributed by atoms with E-state index in [0.29, 0.717) is 6.04 Å². The maximum atomic E-state index is 6.15. The van der Waals surface area contributed by atoms with E-state index in [1.807, 2.05) is 0 Å². The Labute approximate surface area is 158 Å². The number of benzene rings is 2. The van der Waals surface area contributed by atoms with Gasteiger partial charge in [0.1, 0.15) is 5.75 Å². The van der Waals surface area contributed by atoms with Gasteiger partial charge in [-0.15, -0.1) is 12.4 Å². The van der Waals surface area contributed by atoms with Crippen LogP contribution in [-0.4, -0.2) is 31.1 Å². The largest absolute Gasteiger partial charge is 0.493 e. The van der Waals surface area contributed by atoms with Crippen LogP contribution in [0.5, 0.6) is 5.75 Å². The lowest BCUT2D eigenvalue weighted by Gasteiger charge is -2.32. The third kappa shape index (κ3) is 6.05. The first-order valence-electron chi connectivity index (χ1n) is 9.28. The molecule has 136 valence electrons. The Hall–Kier alpha value is -1.51. The summed E-state index contributed by atoms with van der Waals surface area (Å²) >= 11 is 0. The molecule has 0 saturated carbocycles. The molecule has 1 atom stereocenters. The van der Waals surface area contributed by atoms with Gasteiger partial charge in [-0.25, -0.2) is 0 Å². The number of halogens is 1. The van der Waals surface area contributed by atoms with Crippen LogP contribution in [0, 0.1) is 0 Å². The minimum Gasteiger partial charge on any atom is -0.493 e. The summed E-state index contributed by atoms with van der Waals surface area (Å²) in [5, 5.41) is 0. The van der Waals surface area contributed by atoms with Gasteiger partial charge >= 0.3 is 0 Å². The highest BCUT2D eigenvalue weighted by atomic mass is 35.5. The lowest BCUT2D eigenvalue weighted by molar-refractivity contribution is 0.153. The third-order valence-corrected chi connectivity index (χ3v) is 5.13. The van der Waals surface area contributed by atoms with Gasteiger partial charge < -0.3 is 9.64 Å². The average molecular weight is 360 g/mol. The number of aryl methyl sites for hydroxylation is 2. The summed E-state index contributed by atoms with van der Waals surface area (Å²) < 4.78 is 6.15. The molecule has 1 fully saturated rings. The SMILES string of the molecule is CN1CCCCC1CCOc1ccccc1CCc1ccccc1.Cl. The molecule has 0 amide bonds. The van der Waals surface area contributed by atoms with Gasteiger partial charge in [0.25, 0.3) is 0 Å². The zero-order valence-corrected chi connectivity index (χ0v) is 16.0. The first-order valence-corrected chi connectivity index (χ1v) is 9.28. The van der Waals surface area contributed by atoms with E-state index in [1.54, 1.807) is 0 Å². The van der Waals surface area contributed by atoms with Crippen LogP contribution >= 0.6 is 12.4 Å². The highest BCUT2D eigenvalue weighted by Crippen LogP contribution is 2.22. The van der Waals surface area contributed by atoms with E-state index in [0.717, 1.165) is 31.6 Å². The van der Waals surface area contributed by atoms with E-state index in [-0.39, 0.29) is 12.4 Å². The number of ether oxygens (including phenoxy) is 1. The number of likely N-dealkylation sites (tertiary alicyclic amines) is 1. The van der Waals surface area contributed by atoms with Gasteiger partial charge in [0.05, 0.1) is 6.61 Å². The Morgan fingerprint density at radius 3 is 2.52 bits per heavy atom. The van der Waals surface area contributed by atoms with Gasteiger partial charge in [-0.2, -0.15) is 0 Å². The second-order valence-electron chi connectivity index (χ2n) is 6.86. The van der Waals surface area contributed by atoms with Gasteiger partial charge in [-0.1, -0.05) is 55.0 Å². The first kappa shape index (κ1) is 19.8. The van der Waals surface area contributed by atoms with Crippen LogP contribution in [0.1, 0.15) is 36.8 Å². The summed E-state index contributed by atoms with van der Waals surface area (Å²) in [5.41, 5.74) is 2.70. The van der Waals surface area contributed by atoms with Crippen LogP contribution in [0.3, 0.4) is 0 Å². The molecule has 0 bridgehead atoms. The molecule has 1 aliphatic heterocycles. The molecule has 0 spiro atoms. The number of nitrogens with zero attached hydrogens (tertiary/aromatic N) is 1. The molecule has 0 aliphatic carbocycles. The number of para-hydroxylation sites is 1. The fourth-order valence-corrected chi connectivity index (χ4v) is 3.59. The van der Waals surface area contributed by atoms with Crippen molar-refractivity contribution < 1.29 is 4.74 Å². The normalized spacial score (nSPS) is 17.7. The number of rotatable bonds is 7. The Morgan fingerprint density at radius 2 is 1.72 bits per heavy atom. The molecule has 3 heteroatoms. The minimum atomic E-state index is 0. The topological polar surface area (TPSA) is 12.5 Å². The molecular weight excluding hydrogens is 330 g/mol. The zero-order chi connectivity index (χ0) is 16.6. The summed E-state index contributed by atoms with van der Waals surface area (Å²) in [6, 6.07) is 19.9. The van der Waals surface area contributed by atoms with Crippen molar-refractivity contribution in [1.82, 2.24) is 4.90 Å². The van der Waals surface area contributed by atoms with Crippen molar-refractivity contribution in [1.29, 1.82) is 0 Å². The monoisotopic (exact) mass is 359 g/mol. The third-order valence-electron chi connectivity index (χ3n) is 5.13. The second-order valence-corrected chi connectivity index (χ2v) is 6.86. The van der Waals surface area contributed by atoms with E-state index >= 15 is 0 Å². The molecule has 1 unspecified atom stereocenters. The second kappa shape index (κ2) is 10.5. The molecule has 0 aromatic heterocycles. The Balaban J connectivity index is 0.00000225. The Kier molecular flexibility index (Phi) is 8.30. The first-order chi connectivity index (χ1) is 11.8. The van der Waals surface area contributed by atoms with Crippen molar-refractivity contribution in [3.8, 4) is 5.75 Å². The number of hydrogen-bond acceptors (Lipinski definition) is 2. The standard InChI is InChI=1S/C22H29NO.ClH/c1-23-17-8-7-12-21(23)16-18-24-22-13-6-5-11-20(22)15-14-19-9-3-2-4-10-19;/h2-6,9-11,13,21H,7-8,12,14-18H2,1H3;1H. The van der Waals surface area contributed by atoms with Crippen molar-refractivity contribution in [2.45, 2.75) is 44.6 Å². The number of piperidine rings is 1. The van der Waals surface area contributed by atoms with Gasteiger partial charge in [0, 0.05) is 6.04 Å². The van der Waals surface area contributed by atoms with E-state index in [1.165, 1.54) is 36.9 Å². The van der Waals surface area contributed by atoms with Crippen LogP contribution in [0.4, 0.5) is 0 Å². The zero-order valence-electron chi connectivity index (χ0n) is 15.2. The average Bonchev–Trinajstić information content (AvgIpc) is 2.63. The van der Waals surface area contributed by atoms with Gasteiger partial charge in [-0.05, 0) is 62.9 Å². The molecule has 3 rings (SSSR count). The van der Waals surface area contributed by atoms with Crippen LogP contribution in [-0.2, 0) is 12.8 Å². The van der Waals surface area contributed by atoms with E-state index in [2.05, 4.69) is 66.5 Å². The summed E-state index contributed by atoms with van der Waals surface area (Å²) in [7, 11) is 2.25. The minimum absolute atomic E-state index is 0. The van der Waals surface area contributed by atoms with E-state index < -0.39 is 0 Å². The van der Waals surface area contributed by atoms with Crippen LogP contribution in [0.2, 0.25) is 0 Å². The summed E-state index contributed by atoms with van der Waals surface area (Å²) in [5.74, 6) is 1.06. The van der Waals surface area contributed by atoms with Crippen molar-refractivity contribution in [2.75, 3.05) is 20.2 Å². The van der Waals surface area contributed by atoms with E-state index in [9.17, 15) is 0 Å². The lowest BCUT2D eigenvalue weighted by atomic mass is 10.0. The maximum absolute atomic E-state index is 6.15. The van der Waals surface area contributed by atoms with Crippen molar-refractivity contribution in [3.05, 3.63) is 65.7 Å². The van der Waals surface area contributed by atoms with Crippen molar-refractivity contribution in [3.63, 3.8) is 0 Å². The van der Waals surface area contributed by atoms with Gasteiger partial charge in [0.15, 0.2) is 0 Å². The quantitative estimate of drug-likeness (QED) is 0.678. The summed E-state index contributed by atoms with van der Waals surface area (Å²) in [6.07, 6.45) is 7.24. The predicted octanol–water partition coefficient (Wildman–Crippen LogP) is 5.15. The molecule has 25 heavy (non-hydrogen) atoms. The van der Waals surface area contributed by atoms with Crippen molar-refractivity contribution >= 4 is 12.4 Å². The summed E-state index contributed by atoms with van der Waals surface area (Å²) in [6.45, 7) is 2.05. The van der Waals surface area contributed by atoms with Crippen LogP contribution in [0.15, 0.2) is 54.6 Å². The molecular formula is C22H30ClNO. The van der Waals surface area contributed by atoms with E-state index in [4.69, 9.17) is 4.74 Å². The molecule has 0 radical (unpaired) electrons. The molecule has 1 saturated heterocycles.